The molecule has 1 rings (SSSR count). The van der Waals surface area contributed by atoms with Crippen molar-refractivity contribution < 1.29 is 14.6 Å². The van der Waals surface area contributed by atoms with Gasteiger partial charge < -0.3 is 9.84 Å². The minimum atomic E-state index is -0.561. The lowest BCUT2D eigenvalue weighted by atomic mass is 10.2. The van der Waals surface area contributed by atoms with E-state index in [1.807, 2.05) is 30.3 Å². The summed E-state index contributed by atoms with van der Waals surface area (Å²) in [6.07, 6.45) is 1.35. The quantitative estimate of drug-likeness (QED) is 0.376. The van der Waals surface area contributed by atoms with Crippen molar-refractivity contribution in [2.75, 3.05) is 6.61 Å². The van der Waals surface area contributed by atoms with Crippen molar-refractivity contribution in [2.24, 2.45) is 4.99 Å². The predicted molar refractivity (Wildman–Crippen MR) is 70.6 cm³/mol. The van der Waals surface area contributed by atoms with Gasteiger partial charge in [0.1, 0.15) is 11.3 Å². The van der Waals surface area contributed by atoms with Gasteiger partial charge in [-0.2, -0.15) is 0 Å². The molecule has 0 saturated heterocycles. The van der Waals surface area contributed by atoms with E-state index in [4.69, 9.17) is 4.74 Å². The molecular weight excluding hydrogens is 230 g/mol. The molecule has 0 aliphatic carbocycles. The van der Waals surface area contributed by atoms with E-state index in [9.17, 15) is 9.90 Å². The fourth-order valence-electron chi connectivity index (χ4n) is 1.33. The summed E-state index contributed by atoms with van der Waals surface area (Å²) in [7, 11) is 0. The van der Waals surface area contributed by atoms with Crippen LogP contribution in [0.5, 0.6) is 0 Å². The highest BCUT2D eigenvalue weighted by atomic mass is 16.5. The Bertz CT molecular complexity index is 445. The van der Waals surface area contributed by atoms with Crippen LogP contribution in [0.2, 0.25) is 0 Å². The molecule has 1 aromatic rings. The number of esters is 1. The molecule has 0 spiro atoms. The Morgan fingerprint density at radius 2 is 2.06 bits per heavy atom. The largest absolute Gasteiger partial charge is 0.512 e. The first-order valence-corrected chi connectivity index (χ1v) is 5.75. The minimum absolute atomic E-state index is 0.0905. The van der Waals surface area contributed by atoms with Gasteiger partial charge in [-0.3, -0.25) is 4.99 Å². The number of aliphatic imine (C=N–C) groups is 1. The third kappa shape index (κ3) is 4.41. The summed E-state index contributed by atoms with van der Waals surface area (Å²) in [5.74, 6) is -0.653. The van der Waals surface area contributed by atoms with E-state index in [0.717, 1.165) is 5.56 Å². The van der Waals surface area contributed by atoms with Crippen LogP contribution < -0.4 is 0 Å². The second kappa shape index (κ2) is 7.27. The lowest BCUT2D eigenvalue weighted by Crippen LogP contribution is -2.10. The lowest BCUT2D eigenvalue weighted by Gasteiger charge is -2.03. The normalized spacial score (nSPS) is 12.3. The molecule has 0 aliphatic heterocycles. The number of aliphatic hydroxyl groups excluding tert-OH is 1. The van der Waals surface area contributed by atoms with Crippen molar-refractivity contribution in [1.29, 1.82) is 0 Å². The van der Waals surface area contributed by atoms with Gasteiger partial charge in [0.05, 0.1) is 13.2 Å². The molecule has 0 aliphatic rings. The molecule has 18 heavy (non-hydrogen) atoms. The van der Waals surface area contributed by atoms with Gasteiger partial charge in [0.2, 0.25) is 0 Å². The van der Waals surface area contributed by atoms with Gasteiger partial charge in [0.15, 0.2) is 0 Å². The molecular formula is C14H17NO3. The van der Waals surface area contributed by atoms with E-state index >= 15 is 0 Å². The second-order valence-corrected chi connectivity index (χ2v) is 3.67. The highest BCUT2D eigenvalue weighted by molar-refractivity contribution is 6.09. The molecule has 1 aromatic carbocycles. The molecule has 0 radical (unpaired) electrons. The first-order valence-electron chi connectivity index (χ1n) is 5.75. The van der Waals surface area contributed by atoms with Crippen molar-refractivity contribution in [1.82, 2.24) is 0 Å². The van der Waals surface area contributed by atoms with Gasteiger partial charge in [0.25, 0.3) is 0 Å². The van der Waals surface area contributed by atoms with Crippen LogP contribution in [0.4, 0.5) is 0 Å². The molecule has 4 heteroatoms. The third-order valence-corrected chi connectivity index (χ3v) is 2.22. The lowest BCUT2D eigenvalue weighted by molar-refractivity contribution is -0.138. The molecule has 0 heterocycles. The Kier molecular flexibility index (Phi) is 5.64. The topological polar surface area (TPSA) is 58.9 Å². The van der Waals surface area contributed by atoms with Gasteiger partial charge in [0, 0.05) is 6.21 Å². The molecule has 1 N–H and O–H groups in total. The zero-order valence-electron chi connectivity index (χ0n) is 10.6. The van der Waals surface area contributed by atoms with Crippen LogP contribution in [0.3, 0.4) is 0 Å². The van der Waals surface area contributed by atoms with Crippen molar-refractivity contribution in [3.05, 3.63) is 47.2 Å². The fraction of sp³-hybridized carbons (Fsp3) is 0.286. The average molecular weight is 247 g/mol. The fourth-order valence-corrected chi connectivity index (χ4v) is 1.33. The number of hydrogen-bond acceptors (Lipinski definition) is 4. The van der Waals surface area contributed by atoms with Crippen molar-refractivity contribution >= 4 is 12.2 Å². The van der Waals surface area contributed by atoms with Crippen LogP contribution in [-0.2, 0) is 16.1 Å². The molecule has 0 fully saturated rings. The number of carbonyl (C=O) groups is 1. The molecule has 0 amide bonds. The van der Waals surface area contributed by atoms with Gasteiger partial charge in [-0.05, 0) is 19.4 Å². The number of benzene rings is 1. The van der Waals surface area contributed by atoms with E-state index in [1.54, 1.807) is 6.92 Å². The number of hydrogen-bond donors (Lipinski definition) is 1. The van der Waals surface area contributed by atoms with Gasteiger partial charge in [-0.15, -0.1) is 0 Å². The smallest absolute Gasteiger partial charge is 0.343 e. The molecule has 0 saturated carbocycles. The number of rotatable bonds is 5. The van der Waals surface area contributed by atoms with Crippen molar-refractivity contribution in [3.8, 4) is 0 Å². The number of carbonyl (C=O) groups excluding carboxylic acids is 1. The Balaban J connectivity index is 2.68. The van der Waals surface area contributed by atoms with Gasteiger partial charge in [-0.1, -0.05) is 30.3 Å². The summed E-state index contributed by atoms with van der Waals surface area (Å²) in [6.45, 7) is 3.86. The zero-order chi connectivity index (χ0) is 13.4. The first kappa shape index (κ1) is 14.0. The zero-order valence-corrected chi connectivity index (χ0v) is 10.6. The van der Waals surface area contributed by atoms with E-state index in [0.29, 0.717) is 6.54 Å². The highest BCUT2D eigenvalue weighted by Crippen LogP contribution is 2.04. The van der Waals surface area contributed by atoms with Gasteiger partial charge in [-0.25, -0.2) is 4.79 Å². The monoisotopic (exact) mass is 247 g/mol. The SMILES string of the molecule is CCOC(=O)/C(C=NCc1ccccc1)=C(/C)O. The Morgan fingerprint density at radius 3 is 2.61 bits per heavy atom. The maximum Gasteiger partial charge on any atom is 0.343 e. The van der Waals surface area contributed by atoms with E-state index in [2.05, 4.69) is 4.99 Å². The van der Waals surface area contributed by atoms with Crippen LogP contribution >= 0.6 is 0 Å². The maximum absolute atomic E-state index is 11.5. The predicted octanol–water partition coefficient (Wildman–Crippen LogP) is 2.65. The Hall–Kier alpha value is -2.10. The van der Waals surface area contributed by atoms with Crippen LogP contribution in [0.25, 0.3) is 0 Å². The Morgan fingerprint density at radius 1 is 1.39 bits per heavy atom. The van der Waals surface area contributed by atoms with E-state index in [-0.39, 0.29) is 17.9 Å². The van der Waals surface area contributed by atoms with Crippen molar-refractivity contribution in [3.63, 3.8) is 0 Å². The number of ether oxygens (including phenoxy) is 1. The van der Waals surface area contributed by atoms with Crippen molar-refractivity contribution in [2.45, 2.75) is 20.4 Å². The van der Waals surface area contributed by atoms with E-state index in [1.165, 1.54) is 13.1 Å². The molecule has 0 bridgehead atoms. The number of aliphatic hydroxyl groups is 1. The van der Waals surface area contributed by atoms with Crippen LogP contribution in [0.1, 0.15) is 19.4 Å². The molecule has 96 valence electrons. The highest BCUT2D eigenvalue weighted by Gasteiger charge is 2.11. The first-order chi connectivity index (χ1) is 8.65. The maximum atomic E-state index is 11.5. The summed E-state index contributed by atoms with van der Waals surface area (Å²) in [4.78, 5) is 15.6. The second-order valence-electron chi connectivity index (χ2n) is 3.67. The van der Waals surface area contributed by atoms with Gasteiger partial charge >= 0.3 is 5.97 Å². The molecule has 4 nitrogen and oxygen atoms in total. The average Bonchev–Trinajstić information content (AvgIpc) is 2.35. The summed E-state index contributed by atoms with van der Waals surface area (Å²) >= 11 is 0. The summed E-state index contributed by atoms with van der Waals surface area (Å²) < 4.78 is 4.82. The van der Waals surface area contributed by atoms with E-state index < -0.39 is 5.97 Å². The summed E-state index contributed by atoms with van der Waals surface area (Å²) in [5, 5.41) is 9.39. The Labute approximate surface area is 107 Å². The number of allylic oxidation sites excluding steroid dienone is 1. The summed E-state index contributed by atoms with van der Waals surface area (Å²) in [5.41, 5.74) is 1.13. The third-order valence-electron chi connectivity index (χ3n) is 2.22. The molecule has 0 atom stereocenters. The standard InChI is InChI=1S/C14H17NO3/c1-3-18-14(17)13(11(2)16)10-15-9-12-7-5-4-6-8-12/h4-8,10,16H,3,9H2,1-2H3/b13-11-,15-10?. The van der Waals surface area contributed by atoms with Crippen LogP contribution in [0, 0.1) is 0 Å². The van der Waals surface area contributed by atoms with Crippen LogP contribution in [-0.4, -0.2) is 23.9 Å². The number of nitrogens with zero attached hydrogens (tertiary/aromatic N) is 1. The molecule has 0 unspecified atom stereocenters. The molecule has 0 aromatic heterocycles. The minimum Gasteiger partial charge on any atom is -0.512 e. The van der Waals surface area contributed by atoms with Crippen LogP contribution in [0.15, 0.2) is 46.7 Å². The summed E-state index contributed by atoms with van der Waals surface area (Å²) in [6, 6.07) is 9.65.